The summed E-state index contributed by atoms with van der Waals surface area (Å²) in [6.45, 7) is 8.94. The van der Waals surface area contributed by atoms with E-state index in [4.69, 9.17) is 18.9 Å². The van der Waals surface area contributed by atoms with Crippen molar-refractivity contribution in [2.24, 2.45) is 29.6 Å². The Morgan fingerprint density at radius 3 is 2.15 bits per heavy atom. The first-order valence-electron chi connectivity index (χ1n) is 13.9. The van der Waals surface area contributed by atoms with Crippen molar-refractivity contribution in [2.75, 3.05) is 20.8 Å². The van der Waals surface area contributed by atoms with Gasteiger partial charge in [0.1, 0.15) is 12.7 Å². The van der Waals surface area contributed by atoms with E-state index in [1.165, 1.54) is 28.1 Å². The Hall–Kier alpha value is -3.16. The van der Waals surface area contributed by atoms with E-state index in [-0.39, 0.29) is 42.2 Å². The quantitative estimate of drug-likeness (QED) is 0.311. The third kappa shape index (κ3) is 6.20. The lowest BCUT2D eigenvalue weighted by molar-refractivity contribution is -0.166. The highest BCUT2D eigenvalue weighted by Gasteiger charge is 2.53. The highest BCUT2D eigenvalue weighted by molar-refractivity contribution is 5.94. The van der Waals surface area contributed by atoms with E-state index in [1.54, 1.807) is 6.08 Å². The molecule has 0 saturated heterocycles. The molecule has 8 nitrogen and oxygen atoms in total. The minimum Gasteiger partial charge on any atom is -0.469 e. The number of hydrogen-bond donors (Lipinski definition) is 0. The molecule has 3 aliphatic rings. The monoisotopic (exact) mass is 542 g/mol. The maximum Gasteiger partial charge on any atom is 0.338 e. The van der Waals surface area contributed by atoms with Crippen molar-refractivity contribution >= 4 is 23.9 Å². The van der Waals surface area contributed by atoms with E-state index >= 15 is 0 Å². The molecule has 0 heterocycles. The van der Waals surface area contributed by atoms with Crippen LogP contribution in [0.3, 0.4) is 0 Å². The van der Waals surface area contributed by atoms with Crippen molar-refractivity contribution < 1.29 is 38.1 Å². The SMILES string of the molecule is CCC1=C(COC(C)=O)\C=C(C(=O)OC)/C2=C/C=C3/C(C(=O)OC)C(CC)[C@H](OC(C)=O)C(CC)C3C1CC2. The van der Waals surface area contributed by atoms with Gasteiger partial charge in [-0.2, -0.15) is 0 Å². The number of esters is 4. The third-order valence-electron chi connectivity index (χ3n) is 8.55. The van der Waals surface area contributed by atoms with Crippen LogP contribution in [-0.2, 0) is 38.1 Å². The molecule has 1 fully saturated rings. The standard InChI is InChI=1S/C31H42O8/c1-8-21-20(16-38-17(4)32)15-26(30(34)36-6)19-11-13-24(21)27-22(9-2)29(39-18(5)33)23(10-3)28(31(35)37-7)25(27)14-12-19/h12,14-15,22-24,27-29H,8-11,13,16H2,1-7H3/b19-12+,21-20?,25-14+,26-15+/t22?,23?,24?,27?,28?,29-/m1/s1. The predicted molar refractivity (Wildman–Crippen MR) is 145 cm³/mol. The minimum atomic E-state index is -0.602. The molecule has 0 N–H and O–H groups in total. The van der Waals surface area contributed by atoms with E-state index < -0.39 is 24.0 Å². The summed E-state index contributed by atoms with van der Waals surface area (Å²) in [7, 11) is 2.73. The fourth-order valence-corrected chi connectivity index (χ4v) is 7.00. The van der Waals surface area contributed by atoms with Gasteiger partial charge in [-0.1, -0.05) is 44.1 Å². The molecule has 0 aromatic rings. The zero-order valence-electron chi connectivity index (χ0n) is 24.2. The van der Waals surface area contributed by atoms with Gasteiger partial charge in [-0.25, -0.2) is 4.79 Å². The van der Waals surface area contributed by atoms with Gasteiger partial charge in [0.05, 0.1) is 25.7 Å². The fourth-order valence-electron chi connectivity index (χ4n) is 7.00. The molecule has 0 amide bonds. The molecule has 214 valence electrons. The van der Waals surface area contributed by atoms with Crippen LogP contribution in [0.2, 0.25) is 0 Å². The number of carbonyl (C=O) groups is 4. The van der Waals surface area contributed by atoms with Gasteiger partial charge in [-0.15, -0.1) is 0 Å². The number of ether oxygens (including phenoxy) is 4. The molecule has 6 atom stereocenters. The summed E-state index contributed by atoms with van der Waals surface area (Å²) < 4.78 is 21.9. The highest BCUT2D eigenvalue weighted by atomic mass is 16.5. The van der Waals surface area contributed by atoms with Crippen LogP contribution < -0.4 is 0 Å². The number of methoxy groups -OCH3 is 2. The minimum absolute atomic E-state index is 0.0245. The molecule has 2 bridgehead atoms. The molecule has 3 aliphatic carbocycles. The number of rotatable bonds is 8. The van der Waals surface area contributed by atoms with E-state index in [0.717, 1.165) is 28.7 Å². The van der Waals surface area contributed by atoms with Crippen LogP contribution in [-0.4, -0.2) is 50.8 Å². The van der Waals surface area contributed by atoms with Crippen molar-refractivity contribution in [2.45, 2.75) is 72.8 Å². The Morgan fingerprint density at radius 2 is 1.62 bits per heavy atom. The fraction of sp³-hybridized carbons (Fsp3) is 0.613. The zero-order chi connectivity index (χ0) is 28.9. The average molecular weight is 543 g/mol. The summed E-state index contributed by atoms with van der Waals surface area (Å²) in [5, 5.41) is 0. The van der Waals surface area contributed by atoms with Crippen LogP contribution in [0.4, 0.5) is 0 Å². The van der Waals surface area contributed by atoms with Gasteiger partial charge in [0.15, 0.2) is 0 Å². The Bertz CT molecular complexity index is 1110. The maximum atomic E-state index is 13.4. The van der Waals surface area contributed by atoms with E-state index in [9.17, 15) is 19.2 Å². The van der Waals surface area contributed by atoms with Gasteiger partial charge < -0.3 is 18.9 Å². The predicted octanol–water partition coefficient (Wildman–Crippen LogP) is 5.04. The molecular weight excluding hydrogens is 500 g/mol. The molecule has 8 heteroatoms. The Kier molecular flexibility index (Phi) is 10.3. The van der Waals surface area contributed by atoms with Crippen LogP contribution in [0, 0.1) is 29.6 Å². The molecule has 0 spiro atoms. The zero-order valence-corrected chi connectivity index (χ0v) is 24.2. The second-order valence-electron chi connectivity index (χ2n) is 10.5. The number of fused-ring (bicyclic) bond motifs is 5. The molecule has 0 aromatic carbocycles. The molecular formula is C31H42O8. The molecule has 5 unspecified atom stereocenters. The van der Waals surface area contributed by atoms with Crippen molar-refractivity contribution in [1.29, 1.82) is 0 Å². The number of carbonyl (C=O) groups excluding carboxylic acids is 4. The largest absolute Gasteiger partial charge is 0.469 e. The Labute approximate surface area is 231 Å². The first-order chi connectivity index (χ1) is 18.6. The smallest absolute Gasteiger partial charge is 0.338 e. The summed E-state index contributed by atoms with van der Waals surface area (Å²) in [5.41, 5.74) is 3.99. The van der Waals surface area contributed by atoms with Crippen LogP contribution in [0.15, 0.2) is 46.1 Å². The lowest BCUT2D eigenvalue weighted by atomic mass is 9.55. The van der Waals surface area contributed by atoms with Gasteiger partial charge in [0.2, 0.25) is 0 Å². The summed E-state index contributed by atoms with van der Waals surface area (Å²) >= 11 is 0. The normalized spacial score (nSPS) is 32.3. The summed E-state index contributed by atoms with van der Waals surface area (Å²) in [6, 6.07) is 0. The van der Waals surface area contributed by atoms with Gasteiger partial charge in [0, 0.05) is 25.7 Å². The van der Waals surface area contributed by atoms with Crippen molar-refractivity contribution in [3.8, 4) is 0 Å². The third-order valence-corrected chi connectivity index (χ3v) is 8.55. The van der Waals surface area contributed by atoms with Crippen LogP contribution in [0.5, 0.6) is 0 Å². The lowest BCUT2D eigenvalue weighted by Crippen LogP contribution is -2.52. The van der Waals surface area contributed by atoms with Gasteiger partial charge in [-0.3, -0.25) is 14.4 Å². The lowest BCUT2D eigenvalue weighted by Gasteiger charge is -2.50. The summed E-state index contributed by atoms with van der Waals surface area (Å²) in [5.74, 6) is -2.64. The number of allylic oxidation sites excluding steroid dienone is 3. The van der Waals surface area contributed by atoms with Crippen LogP contribution in [0.25, 0.3) is 0 Å². The first-order valence-corrected chi connectivity index (χ1v) is 13.9. The van der Waals surface area contributed by atoms with Crippen molar-refractivity contribution in [3.63, 3.8) is 0 Å². The first kappa shape index (κ1) is 30.4. The molecule has 0 aromatic heterocycles. The molecule has 1 saturated carbocycles. The van der Waals surface area contributed by atoms with Gasteiger partial charge in [-0.05, 0) is 61.2 Å². The Morgan fingerprint density at radius 1 is 0.923 bits per heavy atom. The Balaban J connectivity index is 2.37. The van der Waals surface area contributed by atoms with E-state index in [1.807, 2.05) is 19.1 Å². The topological polar surface area (TPSA) is 105 Å². The molecule has 3 rings (SSSR count). The van der Waals surface area contributed by atoms with Crippen molar-refractivity contribution in [3.05, 3.63) is 46.1 Å². The van der Waals surface area contributed by atoms with Gasteiger partial charge >= 0.3 is 23.9 Å². The molecule has 39 heavy (non-hydrogen) atoms. The second-order valence-corrected chi connectivity index (χ2v) is 10.5. The van der Waals surface area contributed by atoms with E-state index in [2.05, 4.69) is 13.8 Å². The van der Waals surface area contributed by atoms with Crippen LogP contribution >= 0.6 is 0 Å². The number of hydrogen-bond acceptors (Lipinski definition) is 8. The van der Waals surface area contributed by atoms with Gasteiger partial charge in [0.25, 0.3) is 0 Å². The molecule has 0 aliphatic heterocycles. The summed E-state index contributed by atoms with van der Waals surface area (Å²) in [6.07, 6.45) is 8.63. The summed E-state index contributed by atoms with van der Waals surface area (Å²) in [4.78, 5) is 50.4. The maximum absolute atomic E-state index is 13.4. The van der Waals surface area contributed by atoms with E-state index in [0.29, 0.717) is 31.3 Å². The van der Waals surface area contributed by atoms with Crippen LogP contribution in [0.1, 0.15) is 66.7 Å². The molecule has 0 radical (unpaired) electrons. The van der Waals surface area contributed by atoms with Crippen molar-refractivity contribution in [1.82, 2.24) is 0 Å². The second kappa shape index (κ2) is 13.3. The highest BCUT2D eigenvalue weighted by Crippen LogP contribution is 2.54. The average Bonchev–Trinajstić information content (AvgIpc) is 2.89.